The van der Waals surface area contributed by atoms with Crippen molar-refractivity contribution in [2.45, 2.75) is 25.4 Å². The molecule has 1 aliphatic rings. The van der Waals surface area contributed by atoms with Crippen molar-refractivity contribution in [3.63, 3.8) is 0 Å². The highest BCUT2D eigenvalue weighted by atomic mass is 127. The van der Waals surface area contributed by atoms with Gasteiger partial charge in [-0.2, -0.15) is 0 Å². The van der Waals surface area contributed by atoms with Crippen molar-refractivity contribution in [1.82, 2.24) is 9.88 Å². The zero-order valence-electron chi connectivity index (χ0n) is 14.1. The smallest absolute Gasteiger partial charge is 0.135 e. The molecule has 3 heterocycles. The molecular formula is C21H19IN2O. The number of halogens is 1. The zero-order valence-corrected chi connectivity index (χ0v) is 16.2. The van der Waals surface area contributed by atoms with Crippen molar-refractivity contribution in [3.05, 3.63) is 69.8 Å². The predicted molar refractivity (Wildman–Crippen MR) is 110 cm³/mol. The van der Waals surface area contributed by atoms with Crippen molar-refractivity contribution in [2.75, 3.05) is 6.54 Å². The molecule has 2 aromatic heterocycles. The van der Waals surface area contributed by atoms with Gasteiger partial charge in [-0.15, -0.1) is 0 Å². The molecule has 1 N–H and O–H groups in total. The van der Waals surface area contributed by atoms with Crippen LogP contribution < -0.4 is 5.32 Å². The molecule has 2 aromatic carbocycles. The number of benzene rings is 2. The van der Waals surface area contributed by atoms with Crippen LogP contribution in [0.25, 0.3) is 21.7 Å². The molecule has 0 saturated heterocycles. The number of hydrogen-bond acceptors (Lipinski definition) is 2. The summed E-state index contributed by atoms with van der Waals surface area (Å²) in [6.07, 6.45) is 5.47. The Labute approximate surface area is 160 Å². The maximum absolute atomic E-state index is 6.35. The van der Waals surface area contributed by atoms with Gasteiger partial charge in [0.05, 0.1) is 5.54 Å². The zero-order chi connectivity index (χ0) is 17.0. The van der Waals surface area contributed by atoms with E-state index in [1.807, 2.05) is 0 Å². The molecule has 1 aliphatic heterocycles. The molecule has 0 saturated carbocycles. The first-order chi connectivity index (χ1) is 12.1. The SMILES string of the molecule is CC1(Cn2cc3ccccc3c2)NCCc2c1oc1cc(I)ccc21. The Morgan fingerprint density at radius 3 is 2.68 bits per heavy atom. The number of hydrogen-bond donors (Lipinski definition) is 1. The predicted octanol–water partition coefficient (Wildman–Crippen LogP) is 5.05. The van der Waals surface area contributed by atoms with Crippen molar-refractivity contribution >= 4 is 44.3 Å². The summed E-state index contributed by atoms with van der Waals surface area (Å²) < 4.78 is 9.84. The fourth-order valence-electron chi connectivity index (χ4n) is 4.09. The minimum atomic E-state index is -0.201. The van der Waals surface area contributed by atoms with E-state index in [2.05, 4.69) is 94.3 Å². The highest BCUT2D eigenvalue weighted by Crippen LogP contribution is 2.38. The molecule has 126 valence electrons. The number of rotatable bonds is 2. The second-order valence-electron chi connectivity index (χ2n) is 7.12. The summed E-state index contributed by atoms with van der Waals surface area (Å²) in [5.74, 6) is 1.09. The minimum Gasteiger partial charge on any atom is -0.459 e. The molecule has 4 heteroatoms. The maximum atomic E-state index is 6.35. The van der Waals surface area contributed by atoms with Crippen LogP contribution in [0.5, 0.6) is 0 Å². The molecule has 0 amide bonds. The van der Waals surface area contributed by atoms with E-state index in [0.29, 0.717) is 0 Å². The quantitative estimate of drug-likeness (QED) is 0.441. The van der Waals surface area contributed by atoms with Crippen LogP contribution in [0, 0.1) is 3.57 Å². The topological polar surface area (TPSA) is 30.1 Å². The molecule has 25 heavy (non-hydrogen) atoms. The van der Waals surface area contributed by atoms with Crippen LogP contribution in [-0.4, -0.2) is 11.1 Å². The van der Waals surface area contributed by atoms with Crippen LogP contribution in [-0.2, 0) is 18.5 Å². The third-order valence-electron chi connectivity index (χ3n) is 5.25. The average Bonchev–Trinajstić information content (AvgIpc) is 3.15. The Kier molecular flexibility index (Phi) is 3.47. The van der Waals surface area contributed by atoms with Crippen LogP contribution in [0.15, 0.2) is 59.3 Å². The van der Waals surface area contributed by atoms with Crippen molar-refractivity contribution < 1.29 is 4.42 Å². The van der Waals surface area contributed by atoms with Gasteiger partial charge in [-0.25, -0.2) is 0 Å². The largest absolute Gasteiger partial charge is 0.459 e. The summed E-state index contributed by atoms with van der Waals surface area (Å²) in [6, 6.07) is 15.0. The van der Waals surface area contributed by atoms with Gasteiger partial charge in [-0.3, -0.25) is 0 Å². The number of furan rings is 1. The van der Waals surface area contributed by atoms with Crippen molar-refractivity contribution in [2.24, 2.45) is 0 Å². The Balaban J connectivity index is 1.60. The Bertz CT molecular complexity index is 1060. The maximum Gasteiger partial charge on any atom is 0.135 e. The second-order valence-corrected chi connectivity index (χ2v) is 8.36. The van der Waals surface area contributed by atoms with Gasteiger partial charge in [0.15, 0.2) is 0 Å². The molecule has 0 bridgehead atoms. The van der Waals surface area contributed by atoms with Gasteiger partial charge >= 0.3 is 0 Å². The lowest BCUT2D eigenvalue weighted by Crippen LogP contribution is -2.47. The summed E-state index contributed by atoms with van der Waals surface area (Å²) in [4.78, 5) is 0. The Hall–Kier alpha value is -1.79. The molecule has 1 unspecified atom stereocenters. The number of nitrogens with zero attached hydrogens (tertiary/aromatic N) is 1. The molecule has 0 fully saturated rings. The van der Waals surface area contributed by atoms with Crippen molar-refractivity contribution in [1.29, 1.82) is 0 Å². The first-order valence-corrected chi connectivity index (χ1v) is 9.71. The number of fused-ring (bicyclic) bond motifs is 4. The fourth-order valence-corrected chi connectivity index (χ4v) is 4.55. The summed E-state index contributed by atoms with van der Waals surface area (Å²) in [6.45, 7) is 4.08. The van der Waals surface area contributed by atoms with Gasteiger partial charge in [0.2, 0.25) is 0 Å². The third kappa shape index (κ3) is 2.50. The molecule has 3 nitrogen and oxygen atoms in total. The molecule has 0 aliphatic carbocycles. The molecule has 5 rings (SSSR count). The van der Waals surface area contributed by atoms with Crippen LogP contribution >= 0.6 is 22.6 Å². The molecule has 1 atom stereocenters. The van der Waals surface area contributed by atoms with Gasteiger partial charge in [0.1, 0.15) is 11.3 Å². The van der Waals surface area contributed by atoms with Crippen LogP contribution in [0.1, 0.15) is 18.2 Å². The van der Waals surface area contributed by atoms with E-state index in [1.54, 1.807) is 0 Å². The molecule has 4 aromatic rings. The summed E-state index contributed by atoms with van der Waals surface area (Å²) in [5, 5.41) is 7.53. The minimum absolute atomic E-state index is 0.201. The van der Waals surface area contributed by atoms with Gasteiger partial charge in [0.25, 0.3) is 0 Å². The van der Waals surface area contributed by atoms with Crippen LogP contribution in [0.2, 0.25) is 0 Å². The van der Waals surface area contributed by atoms with E-state index in [9.17, 15) is 0 Å². The first-order valence-electron chi connectivity index (χ1n) is 8.63. The van der Waals surface area contributed by atoms with Crippen LogP contribution in [0.3, 0.4) is 0 Å². The number of aromatic nitrogens is 1. The first kappa shape index (κ1) is 15.5. The standard InChI is InChI=1S/C21H19IN2O/c1-21(13-24-11-14-4-2-3-5-15(14)12-24)20-18(8-9-23-21)17-7-6-16(22)10-19(17)25-20/h2-7,10-12,23H,8-9,13H2,1H3. The average molecular weight is 442 g/mol. The molecule has 0 radical (unpaired) electrons. The monoisotopic (exact) mass is 442 g/mol. The van der Waals surface area contributed by atoms with Gasteiger partial charge in [0, 0.05) is 40.0 Å². The van der Waals surface area contributed by atoms with E-state index in [1.165, 1.54) is 25.3 Å². The fraction of sp³-hybridized carbons (Fsp3) is 0.238. The molecule has 0 spiro atoms. The van der Waals surface area contributed by atoms with Gasteiger partial charge in [-0.05, 0) is 64.9 Å². The molecular weight excluding hydrogens is 423 g/mol. The Morgan fingerprint density at radius 2 is 1.92 bits per heavy atom. The lowest BCUT2D eigenvalue weighted by Gasteiger charge is -2.34. The lowest BCUT2D eigenvalue weighted by molar-refractivity contribution is 0.249. The number of nitrogens with one attached hydrogen (secondary N) is 1. The highest BCUT2D eigenvalue weighted by Gasteiger charge is 2.37. The van der Waals surface area contributed by atoms with E-state index in [-0.39, 0.29) is 5.54 Å². The van der Waals surface area contributed by atoms with Gasteiger partial charge < -0.3 is 14.3 Å². The Morgan fingerprint density at radius 1 is 1.16 bits per heavy atom. The van der Waals surface area contributed by atoms with E-state index in [4.69, 9.17) is 4.42 Å². The van der Waals surface area contributed by atoms with E-state index >= 15 is 0 Å². The van der Waals surface area contributed by atoms with Gasteiger partial charge in [-0.1, -0.05) is 24.3 Å². The van der Waals surface area contributed by atoms with Crippen LogP contribution in [0.4, 0.5) is 0 Å². The van der Waals surface area contributed by atoms with E-state index < -0.39 is 0 Å². The second kappa shape index (κ2) is 5.61. The summed E-state index contributed by atoms with van der Waals surface area (Å²) in [5.41, 5.74) is 2.17. The summed E-state index contributed by atoms with van der Waals surface area (Å²) in [7, 11) is 0. The highest BCUT2D eigenvalue weighted by molar-refractivity contribution is 14.1. The summed E-state index contributed by atoms with van der Waals surface area (Å²) >= 11 is 2.34. The normalized spacial score (nSPS) is 20.2. The van der Waals surface area contributed by atoms with E-state index in [0.717, 1.165) is 30.9 Å². The van der Waals surface area contributed by atoms with Crippen molar-refractivity contribution in [3.8, 4) is 0 Å². The lowest BCUT2D eigenvalue weighted by atomic mass is 9.89. The third-order valence-corrected chi connectivity index (χ3v) is 5.92.